The van der Waals surface area contributed by atoms with Crippen molar-refractivity contribution in [1.82, 2.24) is 5.32 Å². The molecular formula is C13H23NO4. The minimum atomic E-state index is -0.554. The summed E-state index contributed by atoms with van der Waals surface area (Å²) in [5.41, 5.74) is -0.554. The molecule has 104 valence electrons. The van der Waals surface area contributed by atoms with Gasteiger partial charge in [0.05, 0.1) is 12.5 Å². The third-order valence-electron chi connectivity index (χ3n) is 1.96. The second-order valence-corrected chi connectivity index (χ2v) is 4.86. The SMILES string of the molecule is C=CCC(CNC(=O)OC(C)(C)C)C(=O)OCC. The Morgan fingerprint density at radius 3 is 2.44 bits per heavy atom. The van der Waals surface area contributed by atoms with Crippen LogP contribution in [0.5, 0.6) is 0 Å². The van der Waals surface area contributed by atoms with Crippen molar-refractivity contribution in [3.8, 4) is 0 Å². The number of carbonyl (C=O) groups is 2. The Bertz CT molecular complexity index is 294. The van der Waals surface area contributed by atoms with Gasteiger partial charge in [-0.25, -0.2) is 4.79 Å². The lowest BCUT2D eigenvalue weighted by molar-refractivity contribution is -0.147. The fraction of sp³-hybridized carbons (Fsp3) is 0.692. The number of hydrogen-bond acceptors (Lipinski definition) is 4. The van der Waals surface area contributed by atoms with Gasteiger partial charge in [0.2, 0.25) is 0 Å². The van der Waals surface area contributed by atoms with Crippen LogP contribution in [0.15, 0.2) is 12.7 Å². The molecule has 18 heavy (non-hydrogen) atoms. The average molecular weight is 257 g/mol. The third-order valence-corrected chi connectivity index (χ3v) is 1.96. The van der Waals surface area contributed by atoms with Gasteiger partial charge < -0.3 is 14.8 Å². The summed E-state index contributed by atoms with van der Waals surface area (Å²) >= 11 is 0. The van der Waals surface area contributed by atoms with Crippen LogP contribution in [0.25, 0.3) is 0 Å². The molecule has 0 fully saturated rings. The van der Waals surface area contributed by atoms with Gasteiger partial charge in [-0.15, -0.1) is 6.58 Å². The number of allylic oxidation sites excluding steroid dienone is 1. The standard InChI is InChI=1S/C13H23NO4/c1-6-8-10(11(15)17-7-2)9-14-12(16)18-13(3,4)5/h6,10H,1,7-9H2,2-5H3,(H,14,16). The Morgan fingerprint density at radius 2 is 2.00 bits per heavy atom. The number of nitrogens with one attached hydrogen (secondary N) is 1. The molecule has 1 atom stereocenters. The minimum absolute atomic E-state index is 0.180. The van der Waals surface area contributed by atoms with Gasteiger partial charge in [-0.1, -0.05) is 6.08 Å². The van der Waals surface area contributed by atoms with Crippen LogP contribution in [0.1, 0.15) is 34.1 Å². The fourth-order valence-electron chi connectivity index (χ4n) is 1.24. The first-order chi connectivity index (χ1) is 8.30. The number of rotatable bonds is 6. The number of hydrogen-bond donors (Lipinski definition) is 1. The van der Waals surface area contributed by atoms with E-state index < -0.39 is 17.6 Å². The van der Waals surface area contributed by atoms with Crippen molar-refractivity contribution in [2.24, 2.45) is 5.92 Å². The van der Waals surface area contributed by atoms with Gasteiger partial charge in [0.15, 0.2) is 0 Å². The molecule has 0 aliphatic heterocycles. The molecule has 0 aromatic rings. The van der Waals surface area contributed by atoms with Crippen LogP contribution < -0.4 is 5.32 Å². The molecule has 0 aliphatic rings. The highest BCUT2D eigenvalue weighted by molar-refractivity contribution is 5.74. The summed E-state index contributed by atoms with van der Waals surface area (Å²) in [6.45, 7) is 11.1. The third kappa shape index (κ3) is 7.70. The largest absolute Gasteiger partial charge is 0.466 e. The van der Waals surface area contributed by atoms with Crippen molar-refractivity contribution in [2.45, 2.75) is 39.7 Å². The summed E-state index contributed by atoms with van der Waals surface area (Å²) in [6, 6.07) is 0. The van der Waals surface area contributed by atoms with Crippen molar-refractivity contribution >= 4 is 12.1 Å². The van der Waals surface area contributed by atoms with E-state index in [1.54, 1.807) is 33.8 Å². The van der Waals surface area contributed by atoms with Crippen LogP contribution in [0, 0.1) is 5.92 Å². The maximum Gasteiger partial charge on any atom is 0.407 e. The molecule has 0 aromatic carbocycles. The zero-order valence-electron chi connectivity index (χ0n) is 11.6. The van der Waals surface area contributed by atoms with Gasteiger partial charge in [0.25, 0.3) is 0 Å². The summed E-state index contributed by atoms with van der Waals surface area (Å²) in [4.78, 5) is 23.0. The molecule has 5 nitrogen and oxygen atoms in total. The zero-order valence-corrected chi connectivity index (χ0v) is 11.6. The first-order valence-electron chi connectivity index (χ1n) is 6.04. The molecule has 0 radical (unpaired) electrons. The van der Waals surface area contributed by atoms with E-state index in [-0.39, 0.29) is 12.5 Å². The number of esters is 1. The molecule has 0 aliphatic carbocycles. The fourth-order valence-corrected chi connectivity index (χ4v) is 1.24. The normalized spacial score (nSPS) is 12.4. The predicted molar refractivity (Wildman–Crippen MR) is 69.2 cm³/mol. The molecule has 0 bridgehead atoms. The number of ether oxygens (including phenoxy) is 2. The minimum Gasteiger partial charge on any atom is -0.466 e. The van der Waals surface area contributed by atoms with Crippen LogP contribution >= 0.6 is 0 Å². The van der Waals surface area contributed by atoms with E-state index in [2.05, 4.69) is 11.9 Å². The lowest BCUT2D eigenvalue weighted by Crippen LogP contribution is -2.37. The highest BCUT2D eigenvalue weighted by atomic mass is 16.6. The van der Waals surface area contributed by atoms with Crippen molar-refractivity contribution in [2.75, 3.05) is 13.2 Å². The number of carbonyl (C=O) groups excluding carboxylic acids is 2. The quantitative estimate of drug-likeness (QED) is 0.585. The molecule has 1 unspecified atom stereocenters. The first-order valence-corrected chi connectivity index (χ1v) is 6.04. The predicted octanol–water partition coefficient (Wildman–Crippen LogP) is 2.27. The summed E-state index contributed by atoms with van der Waals surface area (Å²) in [5.74, 6) is -0.761. The van der Waals surface area contributed by atoms with E-state index >= 15 is 0 Å². The van der Waals surface area contributed by atoms with Crippen LogP contribution in [-0.2, 0) is 14.3 Å². The second-order valence-electron chi connectivity index (χ2n) is 4.86. The molecule has 1 amide bonds. The molecule has 0 saturated carbocycles. The molecule has 5 heteroatoms. The van der Waals surface area contributed by atoms with Gasteiger partial charge in [0, 0.05) is 6.54 Å². The molecule has 0 aromatic heterocycles. The van der Waals surface area contributed by atoms with E-state index in [1.165, 1.54) is 0 Å². The Morgan fingerprint density at radius 1 is 1.39 bits per heavy atom. The Labute approximate surface area is 109 Å². The summed E-state index contributed by atoms with van der Waals surface area (Å²) < 4.78 is 9.99. The summed E-state index contributed by atoms with van der Waals surface area (Å²) in [5, 5.41) is 2.55. The Balaban J connectivity index is 4.22. The maximum absolute atomic E-state index is 11.6. The molecule has 1 N–H and O–H groups in total. The summed E-state index contributed by atoms with van der Waals surface area (Å²) in [6.07, 6.45) is 1.54. The Hall–Kier alpha value is -1.52. The first kappa shape index (κ1) is 16.5. The molecule has 0 spiro atoms. The van der Waals surface area contributed by atoms with Crippen LogP contribution in [-0.4, -0.2) is 30.8 Å². The van der Waals surface area contributed by atoms with E-state index in [9.17, 15) is 9.59 Å². The van der Waals surface area contributed by atoms with Gasteiger partial charge in [-0.2, -0.15) is 0 Å². The summed E-state index contributed by atoms with van der Waals surface area (Å²) in [7, 11) is 0. The highest BCUT2D eigenvalue weighted by Gasteiger charge is 2.21. The molecule has 0 heterocycles. The highest BCUT2D eigenvalue weighted by Crippen LogP contribution is 2.08. The van der Waals surface area contributed by atoms with E-state index in [1.807, 2.05) is 0 Å². The maximum atomic E-state index is 11.6. The average Bonchev–Trinajstić information content (AvgIpc) is 2.21. The van der Waals surface area contributed by atoms with Crippen LogP contribution in [0.3, 0.4) is 0 Å². The smallest absolute Gasteiger partial charge is 0.407 e. The van der Waals surface area contributed by atoms with E-state index in [0.29, 0.717) is 13.0 Å². The number of amides is 1. The number of alkyl carbamates (subject to hydrolysis) is 1. The Kier molecular flexibility index (Phi) is 7.08. The van der Waals surface area contributed by atoms with Gasteiger partial charge >= 0.3 is 12.1 Å². The monoisotopic (exact) mass is 257 g/mol. The van der Waals surface area contributed by atoms with Gasteiger partial charge in [-0.3, -0.25) is 4.79 Å². The topological polar surface area (TPSA) is 64.6 Å². The van der Waals surface area contributed by atoms with E-state index in [0.717, 1.165) is 0 Å². The molecule has 0 saturated heterocycles. The second kappa shape index (κ2) is 7.74. The zero-order chi connectivity index (χ0) is 14.2. The van der Waals surface area contributed by atoms with Gasteiger partial charge in [0.1, 0.15) is 5.60 Å². The van der Waals surface area contributed by atoms with Crippen molar-refractivity contribution in [3.63, 3.8) is 0 Å². The molecule has 0 rings (SSSR count). The van der Waals surface area contributed by atoms with Crippen molar-refractivity contribution in [3.05, 3.63) is 12.7 Å². The van der Waals surface area contributed by atoms with Crippen molar-refractivity contribution < 1.29 is 19.1 Å². The van der Waals surface area contributed by atoms with Crippen LogP contribution in [0.4, 0.5) is 4.79 Å². The van der Waals surface area contributed by atoms with Gasteiger partial charge in [-0.05, 0) is 34.1 Å². The molecular weight excluding hydrogens is 234 g/mol. The lowest BCUT2D eigenvalue weighted by Gasteiger charge is -2.21. The van der Waals surface area contributed by atoms with E-state index in [4.69, 9.17) is 9.47 Å². The van der Waals surface area contributed by atoms with Crippen molar-refractivity contribution in [1.29, 1.82) is 0 Å². The lowest BCUT2D eigenvalue weighted by atomic mass is 10.1. The van der Waals surface area contributed by atoms with Crippen LogP contribution in [0.2, 0.25) is 0 Å².